The van der Waals surface area contributed by atoms with E-state index < -0.39 is 10.0 Å². The number of hydrogen-bond donors (Lipinski definition) is 2. The molecular weight excluding hydrogens is 366 g/mol. The molecule has 0 spiro atoms. The van der Waals surface area contributed by atoms with E-state index in [1.54, 1.807) is 12.1 Å². The molecule has 148 valence electrons. The maximum absolute atomic E-state index is 13.0. The van der Waals surface area contributed by atoms with Gasteiger partial charge in [-0.05, 0) is 45.0 Å². The molecule has 3 rings (SSSR count). The van der Waals surface area contributed by atoms with Gasteiger partial charge < -0.3 is 15.4 Å². The van der Waals surface area contributed by atoms with E-state index in [0.29, 0.717) is 25.2 Å². The molecule has 1 aromatic carbocycles. The first-order chi connectivity index (χ1) is 12.9. The fourth-order valence-electron chi connectivity index (χ4n) is 3.40. The minimum atomic E-state index is -3.67. The fourth-order valence-corrected chi connectivity index (χ4v) is 5.04. The van der Waals surface area contributed by atoms with Gasteiger partial charge in [0.05, 0.1) is 17.1 Å². The number of benzene rings is 1. The first kappa shape index (κ1) is 20.0. The molecule has 0 saturated carbocycles. The fraction of sp³-hybridized carbons (Fsp3) is 0.526. The van der Waals surface area contributed by atoms with Crippen LogP contribution in [0.4, 0.5) is 0 Å². The number of rotatable bonds is 5. The van der Waals surface area contributed by atoms with E-state index in [2.05, 4.69) is 16.7 Å². The highest BCUT2D eigenvalue weighted by molar-refractivity contribution is 7.89. The summed E-state index contributed by atoms with van der Waals surface area (Å²) >= 11 is 0. The zero-order valence-corrected chi connectivity index (χ0v) is 16.6. The second-order valence-corrected chi connectivity index (χ2v) is 9.04. The van der Waals surface area contributed by atoms with Crippen molar-refractivity contribution in [3.05, 3.63) is 41.5 Å². The average Bonchev–Trinajstić information content (AvgIpc) is 2.66. The van der Waals surface area contributed by atoms with E-state index >= 15 is 0 Å². The first-order valence-corrected chi connectivity index (χ1v) is 10.7. The van der Waals surface area contributed by atoms with Crippen molar-refractivity contribution < 1.29 is 17.9 Å². The third-order valence-electron chi connectivity index (χ3n) is 4.75. The third kappa shape index (κ3) is 4.95. The van der Waals surface area contributed by atoms with Gasteiger partial charge in [0.1, 0.15) is 0 Å². The quantitative estimate of drug-likeness (QED) is 0.733. The summed E-state index contributed by atoms with van der Waals surface area (Å²) in [4.78, 5) is 12.6. The van der Waals surface area contributed by atoms with Crippen LogP contribution < -0.4 is 10.6 Å². The SMILES string of the molecule is CC1CN(S(=O)(=O)c2cccc(C(=O)NCC3=CCNCC3)c2)CC(C)O1. The minimum Gasteiger partial charge on any atom is -0.373 e. The summed E-state index contributed by atoms with van der Waals surface area (Å²) in [5.41, 5.74) is 1.53. The van der Waals surface area contributed by atoms with Crippen LogP contribution in [0, 0.1) is 0 Å². The van der Waals surface area contributed by atoms with Crippen molar-refractivity contribution in [1.82, 2.24) is 14.9 Å². The van der Waals surface area contributed by atoms with Gasteiger partial charge in [-0.2, -0.15) is 4.31 Å². The monoisotopic (exact) mass is 393 g/mol. The third-order valence-corrected chi connectivity index (χ3v) is 6.58. The Morgan fingerprint density at radius 2 is 2.04 bits per heavy atom. The maximum Gasteiger partial charge on any atom is 0.251 e. The Balaban J connectivity index is 1.72. The molecule has 2 N–H and O–H groups in total. The van der Waals surface area contributed by atoms with Crippen molar-refractivity contribution in [3.63, 3.8) is 0 Å². The molecule has 0 aromatic heterocycles. The van der Waals surface area contributed by atoms with Gasteiger partial charge in [0.2, 0.25) is 10.0 Å². The van der Waals surface area contributed by atoms with Gasteiger partial charge in [-0.25, -0.2) is 8.42 Å². The predicted molar refractivity (Wildman–Crippen MR) is 103 cm³/mol. The van der Waals surface area contributed by atoms with Crippen LogP contribution >= 0.6 is 0 Å². The van der Waals surface area contributed by atoms with E-state index in [4.69, 9.17) is 4.74 Å². The van der Waals surface area contributed by atoms with Crippen LogP contribution in [0.2, 0.25) is 0 Å². The minimum absolute atomic E-state index is 0.137. The van der Waals surface area contributed by atoms with Crippen molar-refractivity contribution in [1.29, 1.82) is 0 Å². The first-order valence-electron chi connectivity index (χ1n) is 9.29. The summed E-state index contributed by atoms with van der Waals surface area (Å²) < 4.78 is 33.0. The molecule has 0 aliphatic carbocycles. The number of nitrogens with one attached hydrogen (secondary N) is 2. The Labute approximate surface area is 160 Å². The standard InChI is InChI=1S/C19H27N3O4S/c1-14-12-22(13-15(2)26-14)27(24,25)18-5-3-4-17(10-18)19(23)21-11-16-6-8-20-9-7-16/h3-6,10,14-15,20H,7-9,11-13H2,1-2H3,(H,21,23). The largest absolute Gasteiger partial charge is 0.373 e. The summed E-state index contributed by atoms with van der Waals surface area (Å²) in [6.45, 7) is 6.54. The van der Waals surface area contributed by atoms with Crippen molar-refractivity contribution >= 4 is 15.9 Å². The smallest absolute Gasteiger partial charge is 0.251 e. The molecular formula is C19H27N3O4S. The summed E-state index contributed by atoms with van der Waals surface area (Å²) in [6.07, 6.45) is 2.66. The second-order valence-electron chi connectivity index (χ2n) is 7.11. The molecule has 2 unspecified atom stereocenters. The van der Waals surface area contributed by atoms with Crippen molar-refractivity contribution in [2.24, 2.45) is 0 Å². The van der Waals surface area contributed by atoms with Gasteiger partial charge in [-0.1, -0.05) is 17.7 Å². The number of morpholine rings is 1. The van der Waals surface area contributed by atoms with E-state index in [-0.39, 0.29) is 23.0 Å². The number of nitrogens with zero attached hydrogens (tertiary/aromatic N) is 1. The lowest BCUT2D eigenvalue weighted by molar-refractivity contribution is -0.0440. The molecule has 2 heterocycles. The van der Waals surface area contributed by atoms with E-state index in [1.807, 2.05) is 13.8 Å². The predicted octanol–water partition coefficient (Wildman–Crippen LogP) is 1.13. The summed E-state index contributed by atoms with van der Waals surface area (Å²) in [6, 6.07) is 6.23. The Morgan fingerprint density at radius 1 is 1.30 bits per heavy atom. The lowest BCUT2D eigenvalue weighted by Crippen LogP contribution is -2.48. The van der Waals surface area contributed by atoms with Gasteiger partial charge in [-0.15, -0.1) is 0 Å². The number of carbonyl (C=O) groups excluding carboxylic acids is 1. The average molecular weight is 394 g/mol. The van der Waals surface area contributed by atoms with Crippen LogP contribution in [-0.4, -0.2) is 63.6 Å². The van der Waals surface area contributed by atoms with Crippen LogP contribution in [0.3, 0.4) is 0 Å². The lowest BCUT2D eigenvalue weighted by Gasteiger charge is -2.34. The Bertz CT molecular complexity index is 812. The summed E-state index contributed by atoms with van der Waals surface area (Å²) in [7, 11) is -3.67. The number of amides is 1. The molecule has 2 aliphatic rings. The highest BCUT2D eigenvalue weighted by Gasteiger charge is 2.32. The molecule has 27 heavy (non-hydrogen) atoms. The van der Waals surface area contributed by atoms with Gasteiger partial charge in [-0.3, -0.25) is 4.79 Å². The Morgan fingerprint density at radius 3 is 2.70 bits per heavy atom. The summed E-state index contributed by atoms with van der Waals surface area (Å²) in [5, 5.41) is 6.10. The zero-order chi connectivity index (χ0) is 19.4. The second kappa shape index (κ2) is 8.52. The molecule has 0 bridgehead atoms. The van der Waals surface area contributed by atoms with Crippen LogP contribution in [0.1, 0.15) is 30.6 Å². The van der Waals surface area contributed by atoms with E-state index in [1.165, 1.54) is 22.0 Å². The molecule has 2 aliphatic heterocycles. The Kier molecular flexibility index (Phi) is 6.31. The molecule has 1 amide bonds. The Hall–Kier alpha value is -1.74. The van der Waals surface area contributed by atoms with Crippen LogP contribution in [-0.2, 0) is 14.8 Å². The highest BCUT2D eigenvalue weighted by Crippen LogP contribution is 2.22. The lowest BCUT2D eigenvalue weighted by atomic mass is 10.1. The number of ether oxygens (including phenoxy) is 1. The van der Waals surface area contributed by atoms with Gasteiger partial charge in [0, 0.05) is 31.7 Å². The van der Waals surface area contributed by atoms with Crippen molar-refractivity contribution in [2.75, 3.05) is 32.7 Å². The number of sulfonamides is 1. The van der Waals surface area contributed by atoms with Gasteiger partial charge in [0.25, 0.3) is 5.91 Å². The molecule has 1 saturated heterocycles. The normalized spacial score (nSPS) is 24.3. The van der Waals surface area contributed by atoms with Crippen molar-refractivity contribution in [2.45, 2.75) is 37.4 Å². The number of carbonyl (C=O) groups is 1. The molecule has 0 radical (unpaired) electrons. The topological polar surface area (TPSA) is 87.7 Å². The molecule has 1 aromatic rings. The van der Waals surface area contributed by atoms with Gasteiger partial charge >= 0.3 is 0 Å². The highest BCUT2D eigenvalue weighted by atomic mass is 32.2. The van der Waals surface area contributed by atoms with Crippen molar-refractivity contribution in [3.8, 4) is 0 Å². The van der Waals surface area contributed by atoms with Crippen LogP contribution in [0.5, 0.6) is 0 Å². The van der Waals surface area contributed by atoms with E-state index in [0.717, 1.165) is 19.5 Å². The van der Waals surface area contributed by atoms with E-state index in [9.17, 15) is 13.2 Å². The maximum atomic E-state index is 13.0. The number of hydrogen-bond acceptors (Lipinski definition) is 5. The molecule has 2 atom stereocenters. The van der Waals surface area contributed by atoms with Crippen LogP contribution in [0.25, 0.3) is 0 Å². The van der Waals surface area contributed by atoms with Crippen LogP contribution in [0.15, 0.2) is 40.8 Å². The molecule has 1 fully saturated rings. The zero-order valence-electron chi connectivity index (χ0n) is 15.8. The molecule has 8 heteroatoms. The molecule has 7 nitrogen and oxygen atoms in total. The summed E-state index contributed by atoms with van der Waals surface area (Å²) in [5.74, 6) is -0.268. The van der Waals surface area contributed by atoms with Gasteiger partial charge in [0.15, 0.2) is 0 Å².